The fraction of sp³-hybridized carbons (Fsp3) is 0.600. The van der Waals surface area contributed by atoms with E-state index in [-0.39, 0.29) is 5.91 Å². The van der Waals surface area contributed by atoms with Crippen molar-refractivity contribution in [3.05, 3.63) is 24.2 Å². The highest BCUT2D eigenvalue weighted by Crippen LogP contribution is 2.17. The molecule has 6 nitrogen and oxygen atoms in total. The molecule has 0 spiro atoms. The molecule has 1 heterocycles. The van der Waals surface area contributed by atoms with Gasteiger partial charge in [0.25, 0.3) is 5.91 Å². The van der Waals surface area contributed by atoms with Crippen LogP contribution in [0.3, 0.4) is 0 Å². The molecule has 1 aliphatic carbocycles. The lowest BCUT2D eigenvalue weighted by molar-refractivity contribution is 0.0926. The monoisotopic (exact) mass is 292 g/mol. The van der Waals surface area contributed by atoms with E-state index in [9.17, 15) is 4.79 Å². The second kappa shape index (κ2) is 8.34. The third-order valence-corrected chi connectivity index (χ3v) is 3.62. The van der Waals surface area contributed by atoms with Crippen LogP contribution < -0.4 is 16.0 Å². The van der Waals surface area contributed by atoms with Crippen molar-refractivity contribution in [1.29, 1.82) is 0 Å². The number of aliphatic imine (C=N–C) groups is 1. The Morgan fingerprint density at radius 3 is 2.71 bits per heavy atom. The maximum atomic E-state index is 11.7. The van der Waals surface area contributed by atoms with Crippen LogP contribution in [-0.4, -0.2) is 38.0 Å². The van der Waals surface area contributed by atoms with E-state index in [4.69, 9.17) is 4.42 Å². The summed E-state index contributed by atoms with van der Waals surface area (Å²) < 4.78 is 5.03. The first-order valence-corrected chi connectivity index (χ1v) is 7.58. The summed E-state index contributed by atoms with van der Waals surface area (Å²) in [6.07, 6.45) is 7.81. The molecule has 0 aromatic carbocycles. The SMILES string of the molecule is CN=C(NCCNC(=O)c1ccco1)NC1CCCCC1. The van der Waals surface area contributed by atoms with Crippen LogP contribution in [0.4, 0.5) is 0 Å². The highest BCUT2D eigenvalue weighted by molar-refractivity contribution is 5.91. The molecular weight excluding hydrogens is 268 g/mol. The molecule has 0 bridgehead atoms. The Hall–Kier alpha value is -1.98. The van der Waals surface area contributed by atoms with Gasteiger partial charge in [0.15, 0.2) is 11.7 Å². The number of amides is 1. The lowest BCUT2D eigenvalue weighted by Gasteiger charge is -2.24. The summed E-state index contributed by atoms with van der Waals surface area (Å²) in [5.74, 6) is 0.936. The summed E-state index contributed by atoms with van der Waals surface area (Å²) in [5, 5.41) is 9.43. The van der Waals surface area contributed by atoms with Gasteiger partial charge in [-0.15, -0.1) is 0 Å². The van der Waals surface area contributed by atoms with Gasteiger partial charge in [-0.25, -0.2) is 0 Å². The van der Waals surface area contributed by atoms with Crippen LogP contribution in [-0.2, 0) is 0 Å². The van der Waals surface area contributed by atoms with Crippen molar-refractivity contribution in [2.75, 3.05) is 20.1 Å². The van der Waals surface area contributed by atoms with Crippen molar-refractivity contribution in [2.45, 2.75) is 38.1 Å². The van der Waals surface area contributed by atoms with Crippen LogP contribution >= 0.6 is 0 Å². The predicted molar refractivity (Wildman–Crippen MR) is 82.4 cm³/mol. The number of furan rings is 1. The van der Waals surface area contributed by atoms with Crippen molar-refractivity contribution >= 4 is 11.9 Å². The fourth-order valence-corrected chi connectivity index (χ4v) is 2.49. The lowest BCUT2D eigenvalue weighted by Crippen LogP contribution is -2.46. The minimum Gasteiger partial charge on any atom is -0.459 e. The maximum Gasteiger partial charge on any atom is 0.287 e. The minimum absolute atomic E-state index is 0.197. The van der Waals surface area contributed by atoms with Crippen molar-refractivity contribution in [2.24, 2.45) is 4.99 Å². The van der Waals surface area contributed by atoms with Crippen molar-refractivity contribution < 1.29 is 9.21 Å². The summed E-state index contributed by atoms with van der Waals surface area (Å²) >= 11 is 0. The second-order valence-corrected chi connectivity index (χ2v) is 5.21. The first-order chi connectivity index (χ1) is 10.3. The van der Waals surface area contributed by atoms with E-state index < -0.39 is 0 Å². The zero-order valence-electron chi connectivity index (χ0n) is 12.5. The number of nitrogens with zero attached hydrogens (tertiary/aromatic N) is 1. The molecule has 6 heteroatoms. The quantitative estimate of drug-likeness (QED) is 0.437. The van der Waals surface area contributed by atoms with Gasteiger partial charge >= 0.3 is 0 Å². The van der Waals surface area contributed by atoms with Gasteiger partial charge in [-0.3, -0.25) is 9.79 Å². The average molecular weight is 292 g/mol. The number of hydrogen-bond donors (Lipinski definition) is 3. The van der Waals surface area contributed by atoms with Gasteiger partial charge in [-0.2, -0.15) is 0 Å². The van der Waals surface area contributed by atoms with Gasteiger partial charge in [0.1, 0.15) is 0 Å². The largest absolute Gasteiger partial charge is 0.459 e. The number of nitrogens with one attached hydrogen (secondary N) is 3. The Morgan fingerprint density at radius 1 is 1.29 bits per heavy atom. The molecule has 0 unspecified atom stereocenters. The molecule has 0 saturated heterocycles. The molecule has 1 saturated carbocycles. The molecule has 1 aliphatic rings. The highest BCUT2D eigenvalue weighted by atomic mass is 16.3. The number of hydrogen-bond acceptors (Lipinski definition) is 3. The molecule has 2 rings (SSSR count). The predicted octanol–water partition coefficient (Wildman–Crippen LogP) is 1.51. The topological polar surface area (TPSA) is 78.7 Å². The van der Waals surface area contributed by atoms with Gasteiger partial charge in [0.2, 0.25) is 0 Å². The van der Waals surface area contributed by atoms with Gasteiger partial charge in [-0.1, -0.05) is 19.3 Å². The first kappa shape index (κ1) is 15.4. The number of guanidine groups is 1. The van der Waals surface area contributed by atoms with Crippen molar-refractivity contribution in [1.82, 2.24) is 16.0 Å². The molecule has 3 N–H and O–H groups in total. The Balaban J connectivity index is 1.63. The highest BCUT2D eigenvalue weighted by Gasteiger charge is 2.14. The molecule has 1 amide bonds. The number of rotatable bonds is 5. The van der Waals surface area contributed by atoms with Crippen molar-refractivity contribution in [3.63, 3.8) is 0 Å². The summed E-state index contributed by atoms with van der Waals surface area (Å²) in [6, 6.07) is 3.86. The Bertz CT molecular complexity index is 450. The Labute approximate surface area is 125 Å². The fourth-order valence-electron chi connectivity index (χ4n) is 2.49. The Kier molecular flexibility index (Phi) is 6.12. The molecule has 1 fully saturated rings. The molecule has 0 atom stereocenters. The van der Waals surface area contributed by atoms with E-state index in [1.165, 1.54) is 38.4 Å². The minimum atomic E-state index is -0.197. The van der Waals surface area contributed by atoms with Crippen LogP contribution in [0.1, 0.15) is 42.7 Å². The third-order valence-electron chi connectivity index (χ3n) is 3.62. The normalized spacial score (nSPS) is 16.5. The first-order valence-electron chi connectivity index (χ1n) is 7.58. The van der Waals surface area contributed by atoms with E-state index in [0.717, 1.165) is 5.96 Å². The lowest BCUT2D eigenvalue weighted by atomic mass is 9.96. The van der Waals surface area contributed by atoms with E-state index in [0.29, 0.717) is 24.9 Å². The number of carbonyl (C=O) groups is 1. The molecule has 21 heavy (non-hydrogen) atoms. The summed E-state index contributed by atoms with van der Waals surface area (Å²) in [5.41, 5.74) is 0. The standard InChI is InChI=1S/C15H24N4O2/c1-16-15(19-12-6-3-2-4-7-12)18-10-9-17-14(20)13-8-5-11-21-13/h5,8,11-12H,2-4,6-7,9-10H2,1H3,(H,17,20)(H2,16,18,19). The van der Waals surface area contributed by atoms with Crippen molar-refractivity contribution in [3.8, 4) is 0 Å². The molecule has 1 aromatic heterocycles. The van der Waals surface area contributed by atoms with E-state index in [2.05, 4.69) is 20.9 Å². The zero-order chi connectivity index (χ0) is 14.9. The zero-order valence-corrected chi connectivity index (χ0v) is 12.5. The molecule has 116 valence electrons. The summed E-state index contributed by atoms with van der Waals surface area (Å²) in [4.78, 5) is 15.9. The van der Waals surface area contributed by atoms with E-state index in [1.807, 2.05) is 0 Å². The van der Waals surface area contributed by atoms with Gasteiger partial charge < -0.3 is 20.4 Å². The average Bonchev–Trinajstić information content (AvgIpc) is 3.05. The van der Waals surface area contributed by atoms with Crippen LogP contribution in [0.15, 0.2) is 27.8 Å². The smallest absolute Gasteiger partial charge is 0.287 e. The maximum absolute atomic E-state index is 11.7. The molecule has 1 aromatic rings. The van der Waals surface area contributed by atoms with Crippen LogP contribution in [0, 0.1) is 0 Å². The van der Waals surface area contributed by atoms with Crippen LogP contribution in [0.5, 0.6) is 0 Å². The summed E-state index contributed by atoms with van der Waals surface area (Å²) in [6.45, 7) is 1.14. The third kappa shape index (κ3) is 5.13. The van der Waals surface area contributed by atoms with Crippen LogP contribution in [0.2, 0.25) is 0 Å². The van der Waals surface area contributed by atoms with Gasteiger partial charge in [-0.05, 0) is 25.0 Å². The van der Waals surface area contributed by atoms with Crippen LogP contribution in [0.25, 0.3) is 0 Å². The van der Waals surface area contributed by atoms with Gasteiger partial charge in [0.05, 0.1) is 6.26 Å². The second-order valence-electron chi connectivity index (χ2n) is 5.21. The molecule has 0 radical (unpaired) electrons. The molecular formula is C15H24N4O2. The van der Waals surface area contributed by atoms with E-state index >= 15 is 0 Å². The summed E-state index contributed by atoms with van der Waals surface area (Å²) in [7, 11) is 1.76. The van der Waals surface area contributed by atoms with Gasteiger partial charge in [0, 0.05) is 26.2 Å². The number of carbonyl (C=O) groups excluding carboxylic acids is 1. The molecule has 0 aliphatic heterocycles. The Morgan fingerprint density at radius 2 is 2.05 bits per heavy atom. The van der Waals surface area contributed by atoms with E-state index in [1.54, 1.807) is 19.2 Å².